The third-order valence-corrected chi connectivity index (χ3v) is 2.74. The van der Waals surface area contributed by atoms with Gasteiger partial charge in [0.05, 0.1) is 0 Å². The van der Waals surface area contributed by atoms with Crippen LogP contribution >= 0.6 is 57.4 Å². The van der Waals surface area contributed by atoms with Gasteiger partial charge in [-0.05, 0) is 34.2 Å². The van der Waals surface area contributed by atoms with E-state index in [1.807, 2.05) is 22.6 Å². The molecule has 1 rings (SSSR count). The molecule has 0 bridgehead atoms. The summed E-state index contributed by atoms with van der Waals surface area (Å²) in [5.41, 5.74) is 0. The third-order valence-electron chi connectivity index (χ3n) is 0.743. The first-order valence-electron chi connectivity index (χ1n) is 2.15. The minimum atomic E-state index is 0.110. The fraction of sp³-hybridized carbons (Fsp3) is 0. The first-order valence-corrected chi connectivity index (χ1v) is 4.36. The van der Waals surface area contributed by atoms with Crippen molar-refractivity contribution < 1.29 is 0 Å². The summed E-state index contributed by atoms with van der Waals surface area (Å²) in [5, 5.41) is 0.636. The summed E-state index contributed by atoms with van der Waals surface area (Å²) < 4.78 is 0.560. The molecule has 0 aliphatic carbocycles. The van der Waals surface area contributed by atoms with Crippen molar-refractivity contribution in [2.24, 2.45) is 0 Å². The lowest BCUT2D eigenvalue weighted by atomic mass is 10.7. The van der Waals surface area contributed by atoms with Gasteiger partial charge in [0.15, 0.2) is 5.15 Å². The molecule has 0 saturated heterocycles. The molecule has 0 aliphatic heterocycles. The van der Waals surface area contributed by atoms with Crippen molar-refractivity contribution in [1.82, 2.24) is 9.97 Å². The van der Waals surface area contributed by atoms with Crippen LogP contribution in [0.2, 0.25) is 15.5 Å². The van der Waals surface area contributed by atoms with Gasteiger partial charge in [-0.15, -0.1) is 0 Å². The van der Waals surface area contributed by atoms with E-state index in [0.29, 0.717) is 8.72 Å². The quantitative estimate of drug-likeness (QED) is 0.418. The predicted molar refractivity (Wildman–Crippen MR) is 49.8 cm³/mol. The van der Waals surface area contributed by atoms with Crippen LogP contribution in [0.15, 0.2) is 0 Å². The molecular formula is C4Cl3IN2. The fourth-order valence-electron chi connectivity index (χ4n) is 0.370. The van der Waals surface area contributed by atoms with E-state index in [9.17, 15) is 0 Å². The highest BCUT2D eigenvalue weighted by molar-refractivity contribution is 14.1. The van der Waals surface area contributed by atoms with E-state index in [0.717, 1.165) is 0 Å². The van der Waals surface area contributed by atoms with Crippen molar-refractivity contribution in [3.63, 3.8) is 0 Å². The Morgan fingerprint density at radius 2 is 1.70 bits per heavy atom. The van der Waals surface area contributed by atoms with Crippen molar-refractivity contribution in [3.8, 4) is 0 Å². The molecule has 0 N–H and O–H groups in total. The number of halogens is 4. The maximum Gasteiger partial charge on any atom is 0.224 e. The van der Waals surface area contributed by atoms with Crippen LogP contribution in [-0.2, 0) is 0 Å². The van der Waals surface area contributed by atoms with Crippen molar-refractivity contribution in [2.45, 2.75) is 0 Å². The molecule has 0 aliphatic rings. The van der Waals surface area contributed by atoms with Crippen LogP contribution < -0.4 is 0 Å². The topological polar surface area (TPSA) is 25.8 Å². The van der Waals surface area contributed by atoms with Crippen LogP contribution in [0.1, 0.15) is 0 Å². The Balaban J connectivity index is 3.31. The highest BCUT2D eigenvalue weighted by Gasteiger charge is 2.06. The molecule has 0 unspecified atom stereocenters. The molecule has 2 nitrogen and oxygen atoms in total. The van der Waals surface area contributed by atoms with Crippen LogP contribution in [0, 0.1) is 3.70 Å². The molecular weight excluding hydrogens is 309 g/mol. The highest BCUT2D eigenvalue weighted by Crippen LogP contribution is 2.24. The molecule has 0 fully saturated rings. The minimum Gasteiger partial charge on any atom is -0.210 e. The Bertz CT molecular complexity index is 242. The summed E-state index contributed by atoms with van der Waals surface area (Å²) in [6.07, 6.45) is 0. The second-order valence-electron chi connectivity index (χ2n) is 1.39. The first kappa shape index (κ1) is 8.77. The SMILES string of the molecule is Clc1nc(Cl)c(Cl)c(I)n1. The van der Waals surface area contributed by atoms with E-state index in [1.54, 1.807) is 0 Å². The van der Waals surface area contributed by atoms with Crippen LogP contribution in [0.4, 0.5) is 0 Å². The molecule has 6 heteroatoms. The maximum atomic E-state index is 5.63. The van der Waals surface area contributed by atoms with Crippen LogP contribution in [-0.4, -0.2) is 9.97 Å². The Morgan fingerprint density at radius 3 is 2.20 bits per heavy atom. The zero-order valence-electron chi connectivity index (χ0n) is 4.41. The van der Waals surface area contributed by atoms with E-state index >= 15 is 0 Å². The van der Waals surface area contributed by atoms with Crippen LogP contribution in [0.5, 0.6) is 0 Å². The van der Waals surface area contributed by atoms with E-state index in [4.69, 9.17) is 34.8 Å². The van der Waals surface area contributed by atoms with Gasteiger partial charge in [-0.3, -0.25) is 0 Å². The van der Waals surface area contributed by atoms with Gasteiger partial charge in [-0.1, -0.05) is 23.2 Å². The summed E-state index contributed by atoms with van der Waals surface area (Å²) in [7, 11) is 0. The minimum absolute atomic E-state index is 0.110. The average molecular weight is 309 g/mol. The van der Waals surface area contributed by atoms with E-state index < -0.39 is 0 Å². The van der Waals surface area contributed by atoms with Crippen molar-refractivity contribution in [2.75, 3.05) is 0 Å². The lowest BCUT2D eigenvalue weighted by Gasteiger charge is -1.96. The maximum absolute atomic E-state index is 5.63. The average Bonchev–Trinajstić information content (AvgIpc) is 1.82. The van der Waals surface area contributed by atoms with E-state index in [1.165, 1.54) is 0 Å². The number of aromatic nitrogens is 2. The van der Waals surface area contributed by atoms with E-state index in [-0.39, 0.29) is 10.4 Å². The molecule has 0 spiro atoms. The van der Waals surface area contributed by atoms with Gasteiger partial charge in [0.25, 0.3) is 0 Å². The first-order chi connectivity index (χ1) is 4.61. The van der Waals surface area contributed by atoms with Crippen molar-refractivity contribution >= 4 is 57.4 Å². The van der Waals surface area contributed by atoms with Gasteiger partial charge in [0.1, 0.15) is 8.72 Å². The van der Waals surface area contributed by atoms with Gasteiger partial charge >= 0.3 is 0 Å². The van der Waals surface area contributed by atoms with Crippen LogP contribution in [0.25, 0.3) is 0 Å². The van der Waals surface area contributed by atoms with Gasteiger partial charge < -0.3 is 0 Å². The molecule has 1 aromatic heterocycles. The molecule has 0 atom stereocenters. The summed E-state index contributed by atoms with van der Waals surface area (Å²) in [6, 6.07) is 0. The summed E-state index contributed by atoms with van der Waals surface area (Å²) in [6.45, 7) is 0. The Hall–Kier alpha value is 0.680. The summed E-state index contributed by atoms with van der Waals surface area (Å²) in [5.74, 6) is 0. The zero-order valence-corrected chi connectivity index (χ0v) is 8.83. The fourth-order valence-corrected chi connectivity index (χ4v) is 1.62. The molecule has 0 radical (unpaired) electrons. The zero-order chi connectivity index (χ0) is 7.72. The number of hydrogen-bond acceptors (Lipinski definition) is 2. The molecule has 1 heterocycles. The molecule has 0 aromatic carbocycles. The second kappa shape index (κ2) is 3.38. The van der Waals surface area contributed by atoms with Crippen LogP contribution in [0.3, 0.4) is 0 Å². The summed E-state index contributed by atoms with van der Waals surface area (Å²) in [4.78, 5) is 7.38. The van der Waals surface area contributed by atoms with Crippen molar-refractivity contribution in [1.29, 1.82) is 0 Å². The third kappa shape index (κ3) is 1.84. The summed E-state index contributed by atoms with van der Waals surface area (Å²) >= 11 is 18.5. The Labute approximate surface area is 86.0 Å². The molecule has 1 aromatic rings. The Kier molecular flexibility index (Phi) is 2.97. The van der Waals surface area contributed by atoms with Gasteiger partial charge in [-0.25, -0.2) is 9.97 Å². The van der Waals surface area contributed by atoms with Crippen molar-refractivity contribution in [3.05, 3.63) is 19.2 Å². The standard InChI is InChI=1S/C4Cl3IN2/c5-1-2(6)9-4(7)10-3(1)8. The monoisotopic (exact) mass is 308 g/mol. The largest absolute Gasteiger partial charge is 0.224 e. The molecule has 0 saturated carbocycles. The normalized spacial score (nSPS) is 10.0. The number of nitrogens with zero attached hydrogens (tertiary/aromatic N) is 2. The number of rotatable bonds is 0. The van der Waals surface area contributed by atoms with Gasteiger partial charge in [0.2, 0.25) is 5.28 Å². The smallest absolute Gasteiger partial charge is 0.210 e. The Morgan fingerprint density at radius 1 is 1.10 bits per heavy atom. The number of hydrogen-bond donors (Lipinski definition) is 0. The second-order valence-corrected chi connectivity index (χ2v) is 3.48. The predicted octanol–water partition coefficient (Wildman–Crippen LogP) is 3.04. The molecule has 0 amide bonds. The molecule has 10 heavy (non-hydrogen) atoms. The van der Waals surface area contributed by atoms with Gasteiger partial charge in [0, 0.05) is 0 Å². The van der Waals surface area contributed by atoms with E-state index in [2.05, 4.69) is 9.97 Å². The van der Waals surface area contributed by atoms with Gasteiger partial charge in [-0.2, -0.15) is 0 Å². The molecule has 54 valence electrons. The highest BCUT2D eigenvalue weighted by atomic mass is 127. The lowest BCUT2D eigenvalue weighted by Crippen LogP contribution is -1.88. The lowest BCUT2D eigenvalue weighted by molar-refractivity contribution is 1.14.